The smallest absolute Gasteiger partial charge is 0.256 e. The van der Waals surface area contributed by atoms with Gasteiger partial charge in [0.25, 0.3) is 5.91 Å². The van der Waals surface area contributed by atoms with E-state index in [1.807, 2.05) is 49.3 Å². The van der Waals surface area contributed by atoms with Crippen LogP contribution >= 0.6 is 15.9 Å². The zero-order valence-corrected chi connectivity index (χ0v) is 22.6. The van der Waals surface area contributed by atoms with E-state index in [1.165, 1.54) is 18.4 Å². The Morgan fingerprint density at radius 3 is 2.57 bits per heavy atom. The highest BCUT2D eigenvalue weighted by atomic mass is 79.9. The number of aryl methyl sites for hydroxylation is 1. The number of anilines is 1. The van der Waals surface area contributed by atoms with Crippen LogP contribution in [-0.4, -0.2) is 53.2 Å². The Morgan fingerprint density at radius 1 is 1.14 bits per heavy atom. The molecule has 1 fully saturated rings. The van der Waals surface area contributed by atoms with E-state index in [-0.39, 0.29) is 5.91 Å². The maximum absolute atomic E-state index is 12.9. The predicted octanol–water partition coefficient (Wildman–Crippen LogP) is 5.94. The summed E-state index contributed by atoms with van der Waals surface area (Å²) in [5.74, 6) is 2.52. The van der Waals surface area contributed by atoms with Gasteiger partial charge in [0.15, 0.2) is 0 Å². The Balaban J connectivity index is 1.31. The van der Waals surface area contributed by atoms with Gasteiger partial charge >= 0.3 is 0 Å². The topological polar surface area (TPSA) is 93.4 Å². The van der Waals surface area contributed by atoms with Crippen molar-refractivity contribution in [2.75, 3.05) is 32.6 Å². The van der Waals surface area contributed by atoms with E-state index in [9.17, 15) is 4.79 Å². The largest absolute Gasteiger partial charge is 0.491 e. The molecule has 4 aromatic rings. The highest BCUT2D eigenvalue weighted by Crippen LogP contribution is 2.45. The fourth-order valence-electron chi connectivity index (χ4n) is 4.04. The Kier molecular flexibility index (Phi) is 7.34. The molecule has 5 rings (SSSR count). The summed E-state index contributed by atoms with van der Waals surface area (Å²) < 4.78 is 11.7. The van der Waals surface area contributed by atoms with Gasteiger partial charge in [-0.3, -0.25) is 4.79 Å². The number of benzene rings is 2. The van der Waals surface area contributed by atoms with Crippen molar-refractivity contribution in [2.45, 2.75) is 25.7 Å². The molecule has 2 heterocycles. The number of nitrogens with zero attached hydrogens (tertiary/aromatic N) is 4. The van der Waals surface area contributed by atoms with Crippen LogP contribution in [0.2, 0.25) is 0 Å². The van der Waals surface area contributed by atoms with Crippen LogP contribution in [0.1, 0.15) is 40.6 Å². The minimum Gasteiger partial charge on any atom is -0.491 e. The van der Waals surface area contributed by atoms with Crippen molar-refractivity contribution in [1.29, 1.82) is 0 Å². The maximum Gasteiger partial charge on any atom is 0.256 e. The van der Waals surface area contributed by atoms with Gasteiger partial charge in [-0.1, -0.05) is 29.4 Å². The molecule has 9 heteroatoms. The van der Waals surface area contributed by atoms with Crippen LogP contribution in [0.3, 0.4) is 0 Å². The molecule has 0 saturated heterocycles. The quantitative estimate of drug-likeness (QED) is 0.270. The third kappa shape index (κ3) is 6.06. The first kappa shape index (κ1) is 25.1. The summed E-state index contributed by atoms with van der Waals surface area (Å²) in [4.78, 5) is 23.6. The van der Waals surface area contributed by atoms with Crippen molar-refractivity contribution >= 4 is 27.7 Å². The number of ether oxygens (including phenoxy) is 1. The van der Waals surface area contributed by atoms with E-state index in [2.05, 4.69) is 48.5 Å². The molecule has 2 aromatic heterocycles. The molecule has 2 aromatic carbocycles. The Hall–Kier alpha value is -3.56. The third-order valence-electron chi connectivity index (χ3n) is 6.17. The summed E-state index contributed by atoms with van der Waals surface area (Å²) in [6.45, 7) is 3.10. The molecule has 0 radical (unpaired) electrons. The van der Waals surface area contributed by atoms with Crippen molar-refractivity contribution in [2.24, 2.45) is 0 Å². The summed E-state index contributed by atoms with van der Waals surface area (Å²) in [5.41, 5.74) is 5.00. The molecule has 37 heavy (non-hydrogen) atoms. The van der Waals surface area contributed by atoms with E-state index >= 15 is 0 Å². The molecule has 1 saturated carbocycles. The fourth-order valence-corrected chi connectivity index (χ4v) is 4.37. The summed E-state index contributed by atoms with van der Waals surface area (Å²) in [6, 6.07) is 15.7. The molecule has 1 aliphatic carbocycles. The summed E-state index contributed by atoms with van der Waals surface area (Å²) in [6.07, 6.45) is 3.97. The number of carbonyl (C=O) groups is 1. The van der Waals surface area contributed by atoms with Crippen LogP contribution in [0.25, 0.3) is 22.5 Å². The van der Waals surface area contributed by atoms with Gasteiger partial charge in [0.05, 0.1) is 4.47 Å². The van der Waals surface area contributed by atoms with E-state index in [0.717, 1.165) is 27.7 Å². The van der Waals surface area contributed by atoms with Gasteiger partial charge in [0.2, 0.25) is 11.7 Å². The average Bonchev–Trinajstić information content (AvgIpc) is 3.65. The summed E-state index contributed by atoms with van der Waals surface area (Å²) in [5, 5.41) is 6.93. The van der Waals surface area contributed by atoms with Gasteiger partial charge in [0, 0.05) is 36.9 Å². The molecule has 0 atom stereocenters. The summed E-state index contributed by atoms with van der Waals surface area (Å²) >= 11 is 3.45. The molecular formula is C28H28BrN5O3. The van der Waals surface area contributed by atoms with Crippen molar-refractivity contribution in [1.82, 2.24) is 20.0 Å². The Bertz CT molecular complexity index is 1410. The van der Waals surface area contributed by atoms with Gasteiger partial charge < -0.3 is 19.5 Å². The lowest BCUT2D eigenvalue weighted by atomic mass is 9.94. The van der Waals surface area contributed by atoms with E-state index < -0.39 is 0 Å². The molecule has 8 nitrogen and oxygen atoms in total. The zero-order valence-electron chi connectivity index (χ0n) is 21.0. The van der Waals surface area contributed by atoms with Gasteiger partial charge in [0.1, 0.15) is 18.2 Å². The molecular weight excluding hydrogens is 534 g/mol. The number of likely N-dealkylation sites (N-methyl/N-ethyl adjacent to an activating group) is 1. The molecule has 1 amide bonds. The van der Waals surface area contributed by atoms with E-state index in [0.29, 0.717) is 41.4 Å². The van der Waals surface area contributed by atoms with Crippen LogP contribution in [-0.2, 0) is 0 Å². The Labute approximate surface area is 224 Å². The first-order chi connectivity index (χ1) is 17.9. The van der Waals surface area contributed by atoms with Crippen molar-refractivity contribution < 1.29 is 14.1 Å². The highest BCUT2D eigenvalue weighted by Gasteiger charge is 2.27. The normalized spacial score (nSPS) is 13.1. The second-order valence-corrected chi connectivity index (χ2v) is 10.3. The molecule has 0 aliphatic heterocycles. The lowest BCUT2D eigenvalue weighted by Crippen LogP contribution is -2.19. The lowest BCUT2D eigenvalue weighted by molar-refractivity contribution is 0.102. The van der Waals surface area contributed by atoms with Gasteiger partial charge in [-0.15, -0.1) is 0 Å². The number of nitrogens with one attached hydrogen (secondary N) is 1. The number of carbonyl (C=O) groups excluding carboxylic acids is 1. The van der Waals surface area contributed by atoms with Crippen molar-refractivity contribution in [3.05, 3.63) is 76.2 Å². The molecule has 1 aliphatic rings. The number of hydrogen-bond acceptors (Lipinski definition) is 7. The molecule has 0 bridgehead atoms. The van der Waals surface area contributed by atoms with Crippen LogP contribution in [0.4, 0.5) is 5.82 Å². The van der Waals surface area contributed by atoms with Gasteiger partial charge in [-0.05, 0) is 83.7 Å². The lowest BCUT2D eigenvalue weighted by Gasteiger charge is -2.13. The highest BCUT2D eigenvalue weighted by molar-refractivity contribution is 9.10. The predicted molar refractivity (Wildman–Crippen MR) is 146 cm³/mol. The summed E-state index contributed by atoms with van der Waals surface area (Å²) in [7, 11) is 3.97. The maximum atomic E-state index is 12.9. The van der Waals surface area contributed by atoms with Crippen molar-refractivity contribution in [3.63, 3.8) is 0 Å². The third-order valence-corrected chi connectivity index (χ3v) is 6.77. The van der Waals surface area contributed by atoms with Crippen molar-refractivity contribution in [3.8, 4) is 28.3 Å². The number of hydrogen-bond donors (Lipinski definition) is 1. The second kappa shape index (κ2) is 10.8. The van der Waals surface area contributed by atoms with Gasteiger partial charge in [-0.25, -0.2) is 4.98 Å². The van der Waals surface area contributed by atoms with E-state index in [1.54, 1.807) is 19.2 Å². The number of rotatable bonds is 9. The number of amides is 1. The molecule has 0 spiro atoms. The van der Waals surface area contributed by atoms with Gasteiger partial charge in [-0.2, -0.15) is 4.98 Å². The second-order valence-electron chi connectivity index (χ2n) is 9.40. The van der Waals surface area contributed by atoms with Crippen LogP contribution < -0.4 is 10.1 Å². The number of pyridine rings is 1. The first-order valence-corrected chi connectivity index (χ1v) is 13.0. The molecule has 0 unspecified atom stereocenters. The number of halogens is 1. The SMILES string of the molecule is Cc1nc(-c2ccc(-c3ccc(C(=O)Nc4cc(OCCN(C)C)c(Br)cn4)cc3)c(C3CC3)c2)no1. The Morgan fingerprint density at radius 2 is 1.89 bits per heavy atom. The minimum atomic E-state index is -0.231. The van der Waals surface area contributed by atoms with E-state index in [4.69, 9.17) is 9.26 Å². The molecule has 1 N–H and O–H groups in total. The monoisotopic (exact) mass is 561 g/mol. The average molecular weight is 562 g/mol. The minimum absolute atomic E-state index is 0.231. The fraction of sp³-hybridized carbons (Fsp3) is 0.286. The molecule has 190 valence electrons. The van der Waals surface area contributed by atoms with Crippen LogP contribution in [0.5, 0.6) is 5.75 Å². The first-order valence-electron chi connectivity index (χ1n) is 12.2. The van der Waals surface area contributed by atoms with Crippen LogP contribution in [0, 0.1) is 6.92 Å². The number of aromatic nitrogens is 3. The zero-order chi connectivity index (χ0) is 25.9. The van der Waals surface area contributed by atoms with Crippen LogP contribution in [0.15, 0.2) is 63.7 Å². The standard InChI is InChI=1S/C28H28BrN5O3/c1-17-31-27(33-37-17)21-10-11-22(23(14-21)19-4-5-19)18-6-8-20(9-7-18)28(35)32-26-15-25(24(29)16-30-26)36-13-12-34(2)3/h6-11,14-16,19H,4-5,12-13H2,1-3H3,(H,30,32,35).